The van der Waals surface area contributed by atoms with Crippen LogP contribution in [-0.2, 0) is 10.2 Å². The van der Waals surface area contributed by atoms with Crippen molar-refractivity contribution >= 4 is 28.9 Å². The van der Waals surface area contributed by atoms with Gasteiger partial charge in [0.1, 0.15) is 5.75 Å². The van der Waals surface area contributed by atoms with Gasteiger partial charge in [0.15, 0.2) is 5.11 Å². The monoisotopic (exact) mass is 308 g/mol. The molecule has 1 aromatic carbocycles. The summed E-state index contributed by atoms with van der Waals surface area (Å²) < 4.78 is 0. The fourth-order valence-electron chi connectivity index (χ4n) is 1.55. The fourth-order valence-corrected chi connectivity index (χ4v) is 1.75. The Hall–Kier alpha value is -1.62. The van der Waals surface area contributed by atoms with Gasteiger partial charge < -0.3 is 15.7 Å². The molecular formula is C16H24N2O2S. The summed E-state index contributed by atoms with van der Waals surface area (Å²) in [5.74, 6) is -0.0816. The van der Waals surface area contributed by atoms with Crippen LogP contribution in [0.25, 0.3) is 0 Å². The van der Waals surface area contributed by atoms with Crippen LogP contribution in [0.3, 0.4) is 0 Å². The number of anilines is 1. The molecule has 0 aromatic heterocycles. The van der Waals surface area contributed by atoms with Gasteiger partial charge in [0.05, 0.1) is 5.69 Å². The van der Waals surface area contributed by atoms with Crippen molar-refractivity contribution < 1.29 is 9.90 Å². The normalized spacial score (nSPS) is 11.9. The van der Waals surface area contributed by atoms with Crippen LogP contribution in [0.4, 0.5) is 5.69 Å². The first kappa shape index (κ1) is 17.4. The summed E-state index contributed by atoms with van der Waals surface area (Å²) in [7, 11) is 0. The van der Waals surface area contributed by atoms with Crippen LogP contribution in [0.1, 0.15) is 47.1 Å². The summed E-state index contributed by atoms with van der Waals surface area (Å²) in [6.07, 6.45) is 0. The van der Waals surface area contributed by atoms with Gasteiger partial charge in [-0.05, 0) is 35.3 Å². The Balaban J connectivity index is 2.88. The Kier molecular flexibility index (Phi) is 4.99. The number of carbonyl (C=O) groups excluding carboxylic acids is 1. The zero-order chi connectivity index (χ0) is 16.4. The first-order chi connectivity index (χ1) is 9.41. The van der Waals surface area contributed by atoms with Crippen molar-refractivity contribution in [3.05, 3.63) is 23.8 Å². The molecule has 5 heteroatoms. The minimum Gasteiger partial charge on any atom is -0.506 e. The average Bonchev–Trinajstić information content (AvgIpc) is 2.29. The second-order valence-corrected chi connectivity index (χ2v) is 7.55. The van der Waals surface area contributed by atoms with Gasteiger partial charge in [0.2, 0.25) is 5.91 Å². The Morgan fingerprint density at radius 1 is 1.14 bits per heavy atom. The van der Waals surface area contributed by atoms with E-state index in [0.29, 0.717) is 5.69 Å². The predicted molar refractivity (Wildman–Crippen MR) is 90.6 cm³/mol. The number of aromatic hydroxyl groups is 1. The van der Waals surface area contributed by atoms with Gasteiger partial charge in [-0.25, -0.2) is 0 Å². The standard InChI is InChI=1S/C16H24N2O2S/c1-15(2,3)10-7-8-12(19)11(9-10)17-14(21)18-13(20)16(4,5)6/h7-9,19H,1-6H3,(H2,17,18,20,21). The van der Waals surface area contributed by atoms with E-state index in [1.807, 2.05) is 32.9 Å². The minimum absolute atomic E-state index is 0.0413. The average molecular weight is 308 g/mol. The van der Waals surface area contributed by atoms with E-state index in [-0.39, 0.29) is 22.2 Å². The third-order valence-electron chi connectivity index (χ3n) is 3.02. The first-order valence-corrected chi connectivity index (χ1v) is 7.28. The highest BCUT2D eigenvalue weighted by atomic mass is 32.1. The molecule has 0 aliphatic heterocycles. The summed E-state index contributed by atoms with van der Waals surface area (Å²) in [5, 5.41) is 15.6. The SMILES string of the molecule is CC(C)(C)C(=O)NC(=S)Nc1cc(C(C)(C)C)ccc1O. The quantitative estimate of drug-likeness (QED) is 0.548. The number of rotatable bonds is 1. The van der Waals surface area contributed by atoms with Crippen LogP contribution in [0.2, 0.25) is 0 Å². The predicted octanol–water partition coefficient (Wildman–Crippen LogP) is 3.55. The third-order valence-corrected chi connectivity index (χ3v) is 3.22. The maximum atomic E-state index is 11.9. The van der Waals surface area contributed by atoms with Gasteiger partial charge in [-0.1, -0.05) is 47.6 Å². The van der Waals surface area contributed by atoms with Crippen LogP contribution < -0.4 is 10.6 Å². The number of thiocarbonyl (C=S) groups is 1. The van der Waals surface area contributed by atoms with Crippen LogP contribution in [0.5, 0.6) is 5.75 Å². The summed E-state index contributed by atoms with van der Waals surface area (Å²) >= 11 is 5.12. The molecule has 0 radical (unpaired) electrons. The third kappa shape index (κ3) is 5.01. The number of carbonyl (C=O) groups is 1. The number of phenolic OH excluding ortho intramolecular Hbond substituents is 1. The molecule has 1 aromatic rings. The lowest BCUT2D eigenvalue weighted by Gasteiger charge is -2.22. The van der Waals surface area contributed by atoms with Crippen molar-refractivity contribution in [1.29, 1.82) is 0 Å². The van der Waals surface area contributed by atoms with Gasteiger partial charge in [-0.2, -0.15) is 0 Å². The number of phenols is 1. The van der Waals surface area contributed by atoms with Crippen molar-refractivity contribution in [2.75, 3.05) is 5.32 Å². The Morgan fingerprint density at radius 2 is 1.71 bits per heavy atom. The largest absolute Gasteiger partial charge is 0.506 e. The highest BCUT2D eigenvalue weighted by molar-refractivity contribution is 7.80. The molecule has 0 heterocycles. The number of benzene rings is 1. The molecule has 0 saturated carbocycles. The van der Waals surface area contributed by atoms with Crippen LogP contribution in [-0.4, -0.2) is 16.1 Å². The molecule has 1 amide bonds. The molecule has 3 N–H and O–H groups in total. The molecule has 0 saturated heterocycles. The summed E-state index contributed by atoms with van der Waals surface area (Å²) in [4.78, 5) is 11.9. The zero-order valence-electron chi connectivity index (χ0n) is 13.5. The Morgan fingerprint density at radius 3 is 2.19 bits per heavy atom. The number of nitrogens with one attached hydrogen (secondary N) is 2. The molecule has 4 nitrogen and oxygen atoms in total. The molecule has 0 unspecified atom stereocenters. The van der Waals surface area contributed by atoms with E-state index in [1.165, 1.54) is 0 Å². The fraction of sp³-hybridized carbons (Fsp3) is 0.500. The van der Waals surface area contributed by atoms with Gasteiger partial charge in [0.25, 0.3) is 0 Å². The lowest BCUT2D eigenvalue weighted by atomic mass is 9.87. The van der Waals surface area contributed by atoms with E-state index < -0.39 is 5.41 Å². The van der Waals surface area contributed by atoms with E-state index in [1.54, 1.807) is 6.07 Å². The first-order valence-electron chi connectivity index (χ1n) is 6.87. The van der Waals surface area contributed by atoms with Crippen molar-refractivity contribution in [2.45, 2.75) is 47.0 Å². The van der Waals surface area contributed by atoms with E-state index in [2.05, 4.69) is 31.4 Å². The molecular weight excluding hydrogens is 284 g/mol. The second-order valence-electron chi connectivity index (χ2n) is 7.14. The smallest absolute Gasteiger partial charge is 0.231 e. The molecule has 0 fully saturated rings. The topological polar surface area (TPSA) is 61.4 Å². The van der Waals surface area contributed by atoms with E-state index >= 15 is 0 Å². The number of hydrogen-bond donors (Lipinski definition) is 3. The lowest BCUT2D eigenvalue weighted by Crippen LogP contribution is -2.41. The zero-order valence-corrected chi connectivity index (χ0v) is 14.3. The summed E-state index contributed by atoms with van der Waals surface area (Å²) in [6.45, 7) is 11.7. The van der Waals surface area contributed by atoms with Gasteiger partial charge in [-0.3, -0.25) is 4.79 Å². The van der Waals surface area contributed by atoms with Gasteiger partial charge in [0, 0.05) is 5.41 Å². The van der Waals surface area contributed by atoms with Gasteiger partial charge >= 0.3 is 0 Å². The van der Waals surface area contributed by atoms with Crippen LogP contribution in [0, 0.1) is 5.41 Å². The molecule has 1 rings (SSSR count). The lowest BCUT2D eigenvalue weighted by molar-refractivity contribution is -0.126. The minimum atomic E-state index is -0.527. The highest BCUT2D eigenvalue weighted by Crippen LogP contribution is 2.30. The van der Waals surface area contributed by atoms with Crippen molar-refractivity contribution in [2.24, 2.45) is 5.41 Å². The molecule has 0 bridgehead atoms. The number of amides is 1. The van der Waals surface area contributed by atoms with E-state index in [4.69, 9.17) is 12.2 Å². The van der Waals surface area contributed by atoms with E-state index in [0.717, 1.165) is 5.56 Å². The van der Waals surface area contributed by atoms with E-state index in [9.17, 15) is 9.90 Å². The molecule has 116 valence electrons. The summed E-state index contributed by atoms with van der Waals surface area (Å²) in [5.41, 5.74) is 0.982. The molecule has 21 heavy (non-hydrogen) atoms. The Bertz CT molecular complexity index is 554. The molecule has 0 aliphatic rings. The van der Waals surface area contributed by atoms with Crippen molar-refractivity contribution in [3.63, 3.8) is 0 Å². The van der Waals surface area contributed by atoms with Crippen LogP contribution >= 0.6 is 12.2 Å². The molecule has 0 atom stereocenters. The maximum absolute atomic E-state index is 11.9. The maximum Gasteiger partial charge on any atom is 0.231 e. The van der Waals surface area contributed by atoms with Crippen LogP contribution in [0.15, 0.2) is 18.2 Å². The number of hydrogen-bond acceptors (Lipinski definition) is 3. The second kappa shape index (κ2) is 6.02. The molecule has 0 spiro atoms. The Labute approximate surface area is 131 Å². The summed E-state index contributed by atoms with van der Waals surface area (Å²) in [6, 6.07) is 5.33. The highest BCUT2D eigenvalue weighted by Gasteiger charge is 2.22. The van der Waals surface area contributed by atoms with Gasteiger partial charge in [-0.15, -0.1) is 0 Å². The molecule has 0 aliphatic carbocycles. The van der Waals surface area contributed by atoms with Crippen molar-refractivity contribution in [1.82, 2.24) is 5.32 Å². The van der Waals surface area contributed by atoms with Crippen molar-refractivity contribution in [3.8, 4) is 5.75 Å².